The molecule has 0 bridgehead atoms. The zero-order valence-corrected chi connectivity index (χ0v) is 70.2. The summed E-state index contributed by atoms with van der Waals surface area (Å²) < 4.78 is 10.9. The van der Waals surface area contributed by atoms with Crippen molar-refractivity contribution in [1.29, 1.82) is 0 Å². The van der Waals surface area contributed by atoms with E-state index in [1.54, 1.807) is 102 Å². The quantitative estimate of drug-likeness (QED) is 0.0351. The van der Waals surface area contributed by atoms with E-state index in [0.29, 0.717) is 0 Å². The average molecular weight is 1520 g/mol. The van der Waals surface area contributed by atoms with Crippen LogP contribution in [0, 0.1) is 41.4 Å². The molecule has 13 atom stereocenters. The molecule has 31 heteroatoms. The summed E-state index contributed by atoms with van der Waals surface area (Å²) in [6, 6.07) is -13.4. The summed E-state index contributed by atoms with van der Waals surface area (Å²) in [5, 5.41) is 26.7. The Balaban J connectivity index is 4.70. The van der Waals surface area contributed by atoms with Crippen molar-refractivity contribution >= 4 is 94.9 Å². The molecular formula is C75H134N14O16S. The largest absolute Gasteiger partial charge is 0.444 e. The first kappa shape index (κ1) is 96.4. The molecule has 1 saturated heterocycles. The third-order valence-electron chi connectivity index (χ3n) is 18.1. The lowest BCUT2D eigenvalue weighted by Gasteiger charge is -2.41. The number of nitrogens with zero attached hydrogens (tertiary/aromatic N) is 8. The van der Waals surface area contributed by atoms with Gasteiger partial charge in [-0.2, -0.15) is 0 Å². The molecule has 0 aromatic heterocycles. The smallest absolute Gasteiger partial charge is 0.414 e. The van der Waals surface area contributed by atoms with Gasteiger partial charge in [0.15, 0.2) is 5.37 Å². The minimum absolute atomic E-state index is 0.0149. The van der Waals surface area contributed by atoms with Crippen LogP contribution in [0.1, 0.15) is 198 Å². The minimum Gasteiger partial charge on any atom is -0.444 e. The number of aliphatic hydroxyl groups is 1. The Morgan fingerprint density at radius 3 is 1.33 bits per heavy atom. The zero-order valence-electron chi connectivity index (χ0n) is 69.3. The first-order valence-corrected chi connectivity index (χ1v) is 38.3. The first-order valence-electron chi connectivity index (χ1n) is 37.2. The van der Waals surface area contributed by atoms with E-state index >= 15 is 33.6 Å². The number of amides is 13. The molecule has 0 aliphatic carbocycles. The van der Waals surface area contributed by atoms with Crippen LogP contribution in [0.4, 0.5) is 9.59 Å². The number of aliphatic hydroxyl groups excluding tert-OH is 1. The molecular weight excluding hydrogens is 1380 g/mol. The van der Waals surface area contributed by atoms with Crippen LogP contribution < -0.4 is 31.9 Å². The molecule has 1 rings (SSSR count). The lowest BCUT2D eigenvalue weighted by Crippen LogP contribution is -2.64. The summed E-state index contributed by atoms with van der Waals surface area (Å²) in [5.74, 6) is -11.7. The normalized spacial score (nSPS) is 24.7. The number of ether oxygens (including phenoxy) is 2. The number of hydrogen-bond acceptors (Lipinski definition) is 18. The number of nitrogens with one attached hydrogen (secondary N) is 6. The average Bonchev–Trinajstić information content (AvgIpc) is 0.801. The summed E-state index contributed by atoms with van der Waals surface area (Å²) in [4.78, 5) is 204. The fraction of sp³-hybridized carbons (Fsp3) is 0.787. The van der Waals surface area contributed by atoms with Gasteiger partial charge in [-0.1, -0.05) is 109 Å². The molecule has 3 unspecified atom stereocenters. The number of alkyl carbamates (subject to hydrolysis) is 2. The first-order chi connectivity index (χ1) is 48.7. The number of guanidine groups is 1. The molecule has 606 valence electrons. The molecule has 106 heavy (non-hydrogen) atoms. The molecule has 1 fully saturated rings. The number of allylic oxidation sites excluding steroid dienone is 2. The lowest BCUT2D eigenvalue weighted by atomic mass is 9.91. The van der Waals surface area contributed by atoms with E-state index in [-0.39, 0.29) is 80.5 Å². The van der Waals surface area contributed by atoms with Crippen LogP contribution in [0.5, 0.6) is 0 Å². The predicted molar refractivity (Wildman–Crippen MR) is 411 cm³/mol. The van der Waals surface area contributed by atoms with Gasteiger partial charge in [-0.25, -0.2) is 9.59 Å². The molecule has 0 radical (unpaired) electrons. The highest BCUT2D eigenvalue weighted by molar-refractivity contribution is 8.00. The highest BCUT2D eigenvalue weighted by Crippen LogP contribution is 2.28. The standard InChI is InChI=1S/C75H134N14O16S/c1-31-33-34-47(15)58(90)57-62(94)79-50(32-2)64(96)89(30)70(106-36-35-76-71(81-72(102)104-74(18,19)20)82-73(103)105-75(21,22)23)69(101)84(25)52(38-42(5)6)61(93)80-55(45(11)12)67(99)83(24)51(37-41(3)4)60(92)77-48(16)59(91)78-49(17)63(95)85(26)53(39-43(7)8)65(97)86(27)54(40-44(9)10)66(98)87(28)56(46(13)14)68(100)88(57)29/h31,33,41-58,70,90H,32,34-40H2,1-30H3,(H,77,92)(H,78,91)(H,79,94)(H,80,93)(H2,76,81,82,102,103)/b33-31+/t47-,48-,49+,50-,51?,52+,53-,54-,55-,56+,57?,58-,70?/m1/s1. The van der Waals surface area contributed by atoms with Crippen LogP contribution in [-0.4, -0.2) is 267 Å². The number of hydrogen-bond donors (Lipinski definition) is 7. The van der Waals surface area contributed by atoms with Crippen molar-refractivity contribution in [2.75, 3.05) is 61.6 Å². The van der Waals surface area contributed by atoms with E-state index in [9.17, 15) is 33.9 Å². The Morgan fingerprint density at radius 1 is 0.500 bits per heavy atom. The van der Waals surface area contributed by atoms with Crippen molar-refractivity contribution < 1.29 is 76.9 Å². The molecule has 0 spiro atoms. The van der Waals surface area contributed by atoms with E-state index in [1.165, 1.54) is 82.8 Å². The molecule has 1 aliphatic rings. The molecule has 0 aromatic rings. The zero-order chi connectivity index (χ0) is 82.2. The number of rotatable bonds is 19. The van der Waals surface area contributed by atoms with Crippen LogP contribution >= 0.6 is 11.8 Å². The predicted octanol–water partition coefficient (Wildman–Crippen LogP) is 5.73. The summed E-state index contributed by atoms with van der Waals surface area (Å²) in [6.45, 7) is 38.9. The SMILES string of the molecule is C/C=C/C[C@@H](C)[C@@H](O)C1C(=O)N[C@H](CC)C(=O)N(C)C(SCCN=C(NC(=O)OC(C)(C)C)NC(=O)OC(C)(C)C)C(=O)N(C)[C@@H](CC(C)C)C(=O)N[C@H](C(C)C)C(=O)N(C)C(CC(C)C)C(=O)N[C@H](C)C(=O)N[C@@H](C)C(=O)N(C)[C@H](CC(C)C)C(=O)N(C)[C@H](CC(C)C)C(=O)N(C)[C@@H](C(C)C)C(=O)N1C. The monoisotopic (exact) mass is 1520 g/mol. The van der Waals surface area contributed by atoms with E-state index in [4.69, 9.17) is 9.47 Å². The van der Waals surface area contributed by atoms with Crippen molar-refractivity contribution in [3.05, 3.63) is 12.2 Å². The van der Waals surface area contributed by atoms with Crippen molar-refractivity contribution in [1.82, 2.24) is 66.2 Å². The Labute approximate surface area is 636 Å². The molecule has 1 heterocycles. The van der Waals surface area contributed by atoms with E-state index < -0.39 is 178 Å². The number of aliphatic imine (C=N–C) groups is 1. The van der Waals surface area contributed by atoms with Crippen molar-refractivity contribution in [2.24, 2.45) is 46.4 Å². The van der Waals surface area contributed by atoms with Crippen molar-refractivity contribution in [3.63, 3.8) is 0 Å². The molecule has 30 nitrogen and oxygen atoms in total. The molecule has 7 N–H and O–H groups in total. The topological polar surface area (TPSA) is 368 Å². The van der Waals surface area contributed by atoms with Gasteiger partial charge in [0.2, 0.25) is 65.0 Å². The summed E-state index contributed by atoms with van der Waals surface area (Å²) in [7, 11) is 9.68. The maximum absolute atomic E-state index is 15.6. The Kier molecular flexibility index (Phi) is 39.5. The van der Waals surface area contributed by atoms with Crippen LogP contribution in [0.15, 0.2) is 17.1 Å². The Morgan fingerprint density at radius 2 is 0.906 bits per heavy atom. The fourth-order valence-corrected chi connectivity index (χ4v) is 13.2. The van der Waals surface area contributed by atoms with Gasteiger partial charge in [-0.15, -0.1) is 11.8 Å². The summed E-state index contributed by atoms with van der Waals surface area (Å²) >= 11 is 0.873. The van der Waals surface area contributed by atoms with Gasteiger partial charge in [0.1, 0.15) is 71.6 Å². The van der Waals surface area contributed by atoms with Crippen LogP contribution in [-0.2, 0) is 62.2 Å². The maximum Gasteiger partial charge on any atom is 0.414 e. The second-order valence-corrected chi connectivity index (χ2v) is 33.7. The van der Waals surface area contributed by atoms with E-state index in [0.717, 1.165) is 26.5 Å². The highest BCUT2D eigenvalue weighted by atomic mass is 32.2. The van der Waals surface area contributed by atoms with Gasteiger partial charge in [0.25, 0.3) is 5.91 Å². The third kappa shape index (κ3) is 29.9. The Hall–Kier alpha value is -7.57. The van der Waals surface area contributed by atoms with Crippen LogP contribution in [0.2, 0.25) is 0 Å². The fourth-order valence-electron chi connectivity index (χ4n) is 12.1. The maximum atomic E-state index is 15.6. The number of likely N-dealkylation sites (N-methyl/N-ethyl adjacent to an activating group) is 7. The van der Waals surface area contributed by atoms with Crippen LogP contribution in [0.3, 0.4) is 0 Å². The van der Waals surface area contributed by atoms with Gasteiger partial charge in [0.05, 0.1) is 12.6 Å². The van der Waals surface area contributed by atoms with Crippen molar-refractivity contribution in [2.45, 2.75) is 281 Å². The second-order valence-electron chi connectivity index (χ2n) is 32.5. The van der Waals surface area contributed by atoms with Gasteiger partial charge in [-0.05, 0) is 142 Å². The number of carbonyl (C=O) groups is 13. The van der Waals surface area contributed by atoms with Gasteiger partial charge in [0, 0.05) is 55.1 Å². The van der Waals surface area contributed by atoms with Gasteiger partial charge >= 0.3 is 12.2 Å². The second kappa shape index (κ2) is 43.4. The van der Waals surface area contributed by atoms with Crippen LogP contribution in [0.25, 0.3) is 0 Å². The summed E-state index contributed by atoms with van der Waals surface area (Å²) in [6.07, 6.45) is 0.426. The lowest BCUT2D eigenvalue weighted by molar-refractivity contribution is -0.157. The Bertz CT molecular complexity index is 3020. The summed E-state index contributed by atoms with van der Waals surface area (Å²) in [5.41, 5.74) is -1.94. The number of carbonyl (C=O) groups excluding carboxylic acids is 13. The molecule has 0 saturated carbocycles. The van der Waals surface area contributed by atoms with Gasteiger partial charge < -0.3 is 70.1 Å². The minimum atomic E-state index is -1.73. The van der Waals surface area contributed by atoms with Crippen molar-refractivity contribution in [3.8, 4) is 0 Å². The third-order valence-corrected chi connectivity index (χ3v) is 19.3. The molecule has 1 aliphatic heterocycles. The molecule has 0 aromatic carbocycles. The number of thioether (sulfide) groups is 1. The van der Waals surface area contributed by atoms with Gasteiger partial charge in [-0.3, -0.25) is 68.4 Å². The van der Waals surface area contributed by atoms with E-state index in [2.05, 4.69) is 36.9 Å². The highest BCUT2D eigenvalue weighted by Gasteiger charge is 2.47. The molecule has 13 amide bonds. The van der Waals surface area contributed by atoms with E-state index in [1.807, 2.05) is 55.4 Å².